The molecule has 1 unspecified atom stereocenters. The number of nitrogens with two attached hydrogens (primary N) is 1. The number of hydrogen-bond donors (Lipinski definition) is 2. The van der Waals surface area contributed by atoms with Gasteiger partial charge >= 0.3 is 0 Å². The van der Waals surface area contributed by atoms with E-state index in [1.807, 2.05) is 29.2 Å². The van der Waals surface area contributed by atoms with Crippen LogP contribution in [0.5, 0.6) is 0 Å². The molecule has 2 aliphatic rings. The number of likely N-dealkylation sites (tertiary alicyclic amines) is 1. The normalized spacial score (nSPS) is 23.4. The number of nitrogens with one attached hydrogen (secondary N) is 1. The second-order valence-corrected chi connectivity index (χ2v) is 9.66. The summed E-state index contributed by atoms with van der Waals surface area (Å²) in [5, 5.41) is 7.70. The lowest BCUT2D eigenvalue weighted by Gasteiger charge is -2.39. The van der Waals surface area contributed by atoms with Crippen molar-refractivity contribution in [3.8, 4) is 0 Å². The predicted octanol–water partition coefficient (Wildman–Crippen LogP) is 4.47. The third-order valence-electron chi connectivity index (χ3n) is 7.35. The molecule has 4 rings (SSSR count). The third-order valence-corrected chi connectivity index (χ3v) is 7.35. The molecule has 1 aromatic carbocycles. The van der Waals surface area contributed by atoms with Crippen LogP contribution in [0, 0.1) is 5.41 Å². The van der Waals surface area contributed by atoms with E-state index in [1.165, 1.54) is 31.2 Å². The Labute approximate surface area is 197 Å². The molecule has 0 bridgehead atoms. The van der Waals surface area contributed by atoms with E-state index in [-0.39, 0.29) is 17.7 Å². The molecule has 3 atom stereocenters. The molecule has 0 spiro atoms. The topological polar surface area (TPSA) is 86.3 Å². The van der Waals surface area contributed by atoms with Crippen molar-refractivity contribution in [2.24, 2.45) is 5.73 Å². The number of amidine groups is 1. The zero-order valence-electron chi connectivity index (χ0n) is 20.0. The minimum atomic E-state index is -0.339. The second kappa shape index (κ2) is 10.5. The highest BCUT2D eigenvalue weighted by molar-refractivity contribution is 6.01. The van der Waals surface area contributed by atoms with Crippen molar-refractivity contribution in [2.75, 3.05) is 18.0 Å². The number of carbonyl (C=O) groups excluding carboxylic acids is 1. The maximum atomic E-state index is 13.6. The van der Waals surface area contributed by atoms with Crippen molar-refractivity contribution in [2.45, 2.75) is 76.8 Å². The lowest BCUT2D eigenvalue weighted by Crippen LogP contribution is -2.44. The lowest BCUT2D eigenvalue weighted by molar-refractivity contribution is -0.120. The number of nitrogens with zero attached hydrogens (tertiary/aromatic N) is 3. The van der Waals surface area contributed by atoms with Gasteiger partial charge in [-0.05, 0) is 76.3 Å². The molecule has 0 aliphatic carbocycles. The number of aromatic nitrogens is 1. The summed E-state index contributed by atoms with van der Waals surface area (Å²) in [5.74, 6) is -0.316. The summed E-state index contributed by atoms with van der Waals surface area (Å²) < 4.78 is 0. The van der Waals surface area contributed by atoms with E-state index in [9.17, 15) is 4.79 Å². The Bertz CT molecular complexity index is 980. The molecule has 1 aromatic heterocycles. The highest BCUT2D eigenvalue weighted by Crippen LogP contribution is 2.35. The standard InChI is InChI=1S/C27H37N5O/c1-19-10-8-11-20(2)31(19)16-6-3-7-17-32-25-15-5-4-12-21(25)18-22(27(32)33)23-13-9-14-24(30-23)26(28)29/h4-5,9,12-15,19-20,22H,3,6-8,10-11,16-18H2,1-2H3,(H3,28,29)/t19-,20+,22?. The van der Waals surface area contributed by atoms with Crippen LogP contribution in [0.15, 0.2) is 42.5 Å². The Morgan fingerprint density at radius 2 is 1.76 bits per heavy atom. The van der Waals surface area contributed by atoms with Crippen LogP contribution < -0.4 is 10.6 Å². The number of fused-ring (bicyclic) bond motifs is 1. The Balaban J connectivity index is 1.42. The van der Waals surface area contributed by atoms with Gasteiger partial charge in [-0.25, -0.2) is 4.98 Å². The molecule has 6 heteroatoms. The van der Waals surface area contributed by atoms with Crippen molar-refractivity contribution in [1.29, 1.82) is 5.41 Å². The summed E-state index contributed by atoms with van der Waals surface area (Å²) in [6.07, 6.45) is 7.87. The molecule has 0 saturated carbocycles. The van der Waals surface area contributed by atoms with Gasteiger partial charge < -0.3 is 10.6 Å². The van der Waals surface area contributed by atoms with Crippen LogP contribution in [0.2, 0.25) is 0 Å². The number of hydrogen-bond acceptors (Lipinski definition) is 4. The molecule has 3 N–H and O–H groups in total. The molecular weight excluding hydrogens is 410 g/mol. The van der Waals surface area contributed by atoms with Crippen LogP contribution in [0.25, 0.3) is 0 Å². The molecule has 2 aromatic rings. The van der Waals surface area contributed by atoms with E-state index in [2.05, 4.69) is 35.9 Å². The molecular formula is C27H37N5O. The first-order valence-electron chi connectivity index (χ1n) is 12.4. The molecule has 6 nitrogen and oxygen atoms in total. The van der Waals surface area contributed by atoms with E-state index < -0.39 is 0 Å². The molecule has 0 radical (unpaired) electrons. The molecule has 1 amide bonds. The largest absolute Gasteiger partial charge is 0.382 e. The van der Waals surface area contributed by atoms with Crippen LogP contribution >= 0.6 is 0 Å². The third kappa shape index (κ3) is 5.27. The average molecular weight is 448 g/mol. The van der Waals surface area contributed by atoms with Gasteiger partial charge in [-0.1, -0.05) is 37.1 Å². The van der Waals surface area contributed by atoms with Crippen molar-refractivity contribution in [1.82, 2.24) is 9.88 Å². The predicted molar refractivity (Wildman–Crippen MR) is 134 cm³/mol. The van der Waals surface area contributed by atoms with Crippen molar-refractivity contribution in [3.63, 3.8) is 0 Å². The van der Waals surface area contributed by atoms with Gasteiger partial charge in [0.05, 0.1) is 11.6 Å². The molecule has 2 aliphatic heterocycles. The first kappa shape index (κ1) is 23.4. The van der Waals surface area contributed by atoms with E-state index >= 15 is 0 Å². The molecule has 3 heterocycles. The van der Waals surface area contributed by atoms with Crippen molar-refractivity contribution < 1.29 is 4.79 Å². The molecule has 176 valence electrons. The van der Waals surface area contributed by atoms with Gasteiger partial charge in [-0.2, -0.15) is 0 Å². The zero-order valence-corrected chi connectivity index (χ0v) is 20.0. The van der Waals surface area contributed by atoms with E-state index in [1.54, 1.807) is 6.07 Å². The highest BCUT2D eigenvalue weighted by Gasteiger charge is 2.34. The number of piperidine rings is 1. The fraction of sp³-hybridized carbons (Fsp3) is 0.519. The molecule has 1 fully saturated rings. The number of para-hydroxylation sites is 1. The molecule has 33 heavy (non-hydrogen) atoms. The Morgan fingerprint density at radius 1 is 1.03 bits per heavy atom. The Kier molecular flexibility index (Phi) is 7.43. The number of nitrogen functional groups attached to an aromatic ring is 1. The number of unbranched alkanes of at least 4 members (excludes halogenated alkanes) is 2. The number of anilines is 1. The summed E-state index contributed by atoms with van der Waals surface area (Å²) in [6, 6.07) is 15.0. The van der Waals surface area contributed by atoms with Gasteiger partial charge in [0.25, 0.3) is 0 Å². The average Bonchev–Trinajstić information content (AvgIpc) is 2.81. The van der Waals surface area contributed by atoms with Gasteiger partial charge in [0.2, 0.25) is 5.91 Å². The number of benzene rings is 1. The fourth-order valence-corrected chi connectivity index (χ4v) is 5.47. The number of carbonyl (C=O) groups is 1. The smallest absolute Gasteiger partial charge is 0.236 e. The van der Waals surface area contributed by atoms with E-state index in [4.69, 9.17) is 11.1 Å². The van der Waals surface area contributed by atoms with Crippen LogP contribution in [-0.2, 0) is 11.2 Å². The van der Waals surface area contributed by atoms with Gasteiger partial charge in [-0.3, -0.25) is 15.1 Å². The minimum Gasteiger partial charge on any atom is -0.382 e. The van der Waals surface area contributed by atoms with Crippen molar-refractivity contribution >= 4 is 17.4 Å². The Hall–Kier alpha value is -2.73. The monoisotopic (exact) mass is 447 g/mol. The first-order valence-corrected chi connectivity index (χ1v) is 12.4. The van der Waals surface area contributed by atoms with Crippen LogP contribution in [0.4, 0.5) is 5.69 Å². The fourth-order valence-electron chi connectivity index (χ4n) is 5.47. The molecule has 1 saturated heterocycles. The van der Waals surface area contributed by atoms with Crippen LogP contribution in [-0.4, -0.2) is 46.8 Å². The van der Waals surface area contributed by atoms with Gasteiger partial charge in [0.1, 0.15) is 11.5 Å². The maximum absolute atomic E-state index is 13.6. The first-order chi connectivity index (χ1) is 16.0. The lowest BCUT2D eigenvalue weighted by atomic mass is 9.88. The van der Waals surface area contributed by atoms with E-state index in [0.29, 0.717) is 29.9 Å². The Morgan fingerprint density at radius 3 is 2.52 bits per heavy atom. The number of pyridine rings is 1. The number of rotatable bonds is 8. The minimum absolute atomic E-state index is 0.0743. The van der Waals surface area contributed by atoms with Gasteiger partial charge in [-0.15, -0.1) is 0 Å². The summed E-state index contributed by atoms with van der Waals surface area (Å²) >= 11 is 0. The van der Waals surface area contributed by atoms with E-state index in [0.717, 1.165) is 31.6 Å². The maximum Gasteiger partial charge on any atom is 0.236 e. The van der Waals surface area contributed by atoms with Gasteiger partial charge in [0.15, 0.2) is 0 Å². The second-order valence-electron chi connectivity index (χ2n) is 9.66. The number of amides is 1. The van der Waals surface area contributed by atoms with Gasteiger partial charge in [0, 0.05) is 24.3 Å². The quantitative estimate of drug-likeness (QED) is 0.355. The van der Waals surface area contributed by atoms with Crippen molar-refractivity contribution in [3.05, 3.63) is 59.4 Å². The summed E-state index contributed by atoms with van der Waals surface area (Å²) in [6.45, 7) is 6.59. The summed E-state index contributed by atoms with van der Waals surface area (Å²) in [7, 11) is 0. The van der Waals surface area contributed by atoms with Crippen LogP contribution in [0.3, 0.4) is 0 Å². The summed E-state index contributed by atoms with van der Waals surface area (Å²) in [4.78, 5) is 22.7. The van der Waals surface area contributed by atoms with Crippen LogP contribution in [0.1, 0.15) is 75.2 Å². The SMILES string of the molecule is C[C@@H]1CCC[C@H](C)N1CCCCCN1C(=O)C(c2cccc(C(=N)N)n2)Cc2ccccc21. The zero-order chi connectivity index (χ0) is 23.4. The highest BCUT2D eigenvalue weighted by atomic mass is 16.2. The summed E-state index contributed by atoms with van der Waals surface area (Å²) in [5.41, 5.74) is 8.96.